The van der Waals surface area contributed by atoms with Crippen molar-refractivity contribution in [3.63, 3.8) is 0 Å². The van der Waals surface area contributed by atoms with Crippen molar-refractivity contribution in [3.05, 3.63) is 47.7 Å². The van der Waals surface area contributed by atoms with E-state index in [9.17, 15) is 18.0 Å². The zero-order valence-corrected chi connectivity index (χ0v) is 13.2. The summed E-state index contributed by atoms with van der Waals surface area (Å²) in [5, 5.41) is 12.0. The van der Waals surface area contributed by atoms with E-state index in [1.54, 1.807) is 26.0 Å². The summed E-state index contributed by atoms with van der Waals surface area (Å²) in [4.78, 5) is 11.1. The molecule has 0 unspecified atom stereocenters. The zero-order valence-electron chi connectivity index (χ0n) is 13.2. The van der Waals surface area contributed by atoms with Gasteiger partial charge in [0.1, 0.15) is 17.6 Å². The summed E-state index contributed by atoms with van der Waals surface area (Å²) < 4.78 is 43.8. The van der Waals surface area contributed by atoms with Crippen molar-refractivity contribution < 1.29 is 27.5 Å². The number of furan rings is 1. The van der Waals surface area contributed by atoms with Gasteiger partial charge in [-0.3, -0.25) is 10.1 Å². The van der Waals surface area contributed by atoms with Gasteiger partial charge in [0.15, 0.2) is 0 Å². The van der Waals surface area contributed by atoms with Gasteiger partial charge in [-0.15, -0.1) is 0 Å². The highest BCUT2D eigenvalue weighted by molar-refractivity contribution is 5.73. The van der Waals surface area contributed by atoms with Crippen LogP contribution in [0.25, 0.3) is 11.3 Å². The lowest BCUT2D eigenvalue weighted by Crippen LogP contribution is -2.40. The molecule has 0 aliphatic carbocycles. The molecule has 0 aliphatic heterocycles. The molecule has 0 bridgehead atoms. The van der Waals surface area contributed by atoms with Crippen molar-refractivity contribution in [3.8, 4) is 11.3 Å². The number of hydrogen-bond acceptors (Lipinski definition) is 3. The Balaban J connectivity index is 2.12. The molecule has 0 saturated carbocycles. The second kappa shape index (κ2) is 7.09. The van der Waals surface area contributed by atoms with Crippen LogP contribution < -0.4 is 5.32 Å². The number of nitrogens with one attached hydrogen (secondary N) is 1. The summed E-state index contributed by atoms with van der Waals surface area (Å²) >= 11 is 0. The van der Waals surface area contributed by atoms with E-state index in [1.165, 1.54) is 12.1 Å². The monoisotopic (exact) mass is 341 g/mol. The highest BCUT2D eigenvalue weighted by atomic mass is 19.4. The molecule has 7 heteroatoms. The minimum Gasteiger partial charge on any atom is -0.480 e. The maximum atomic E-state index is 12.8. The molecule has 1 aromatic heterocycles. The molecule has 24 heavy (non-hydrogen) atoms. The van der Waals surface area contributed by atoms with E-state index in [0.717, 1.165) is 12.1 Å². The molecule has 0 fully saturated rings. The van der Waals surface area contributed by atoms with Gasteiger partial charge in [-0.2, -0.15) is 13.2 Å². The molecule has 130 valence electrons. The number of benzene rings is 1. The molecule has 1 atom stereocenters. The van der Waals surface area contributed by atoms with E-state index in [1.807, 2.05) is 0 Å². The lowest BCUT2D eigenvalue weighted by atomic mass is 10.1. The lowest BCUT2D eigenvalue weighted by Gasteiger charge is -2.16. The normalized spacial score (nSPS) is 13.2. The van der Waals surface area contributed by atoms with E-state index >= 15 is 0 Å². The number of aliphatic carboxylic acids is 1. The summed E-state index contributed by atoms with van der Waals surface area (Å²) in [5.41, 5.74) is -0.434. The van der Waals surface area contributed by atoms with Crippen LogP contribution in [0.15, 0.2) is 40.8 Å². The van der Waals surface area contributed by atoms with Crippen LogP contribution in [0.2, 0.25) is 0 Å². The van der Waals surface area contributed by atoms with E-state index < -0.39 is 23.8 Å². The highest BCUT2D eigenvalue weighted by Gasteiger charge is 2.30. The summed E-state index contributed by atoms with van der Waals surface area (Å²) in [6.07, 6.45) is -4.42. The first kappa shape index (κ1) is 18.1. The van der Waals surface area contributed by atoms with Gasteiger partial charge in [0.2, 0.25) is 0 Å². The number of carboxylic acid groups (broad SMARTS) is 1. The lowest BCUT2D eigenvalue weighted by molar-refractivity contribution is -0.140. The molecule has 0 spiro atoms. The number of alkyl halides is 3. The molecule has 0 aliphatic rings. The minimum absolute atomic E-state index is 0.111. The van der Waals surface area contributed by atoms with Gasteiger partial charge in [-0.05, 0) is 30.2 Å². The number of halogens is 3. The fraction of sp³-hybridized carbons (Fsp3) is 0.353. The maximum Gasteiger partial charge on any atom is 0.416 e. The van der Waals surface area contributed by atoms with Gasteiger partial charge in [0, 0.05) is 5.56 Å². The molecule has 2 aromatic rings. The largest absolute Gasteiger partial charge is 0.480 e. The fourth-order valence-corrected chi connectivity index (χ4v) is 2.30. The van der Waals surface area contributed by atoms with Crippen LogP contribution in [-0.4, -0.2) is 17.1 Å². The minimum atomic E-state index is -4.42. The third-order valence-electron chi connectivity index (χ3n) is 3.56. The summed E-state index contributed by atoms with van der Waals surface area (Å²) in [6, 6.07) is 7.31. The van der Waals surface area contributed by atoms with Crippen molar-refractivity contribution in [2.75, 3.05) is 0 Å². The Labute approximate surface area is 137 Å². The van der Waals surface area contributed by atoms with E-state index in [-0.39, 0.29) is 12.5 Å². The number of carbonyl (C=O) groups is 1. The zero-order chi connectivity index (χ0) is 17.9. The van der Waals surface area contributed by atoms with Crippen LogP contribution in [0.3, 0.4) is 0 Å². The van der Waals surface area contributed by atoms with Crippen molar-refractivity contribution in [1.29, 1.82) is 0 Å². The topological polar surface area (TPSA) is 62.5 Å². The molecule has 1 aromatic carbocycles. The number of hydrogen-bond donors (Lipinski definition) is 2. The third-order valence-corrected chi connectivity index (χ3v) is 3.56. The Morgan fingerprint density at radius 3 is 2.54 bits per heavy atom. The van der Waals surface area contributed by atoms with Gasteiger partial charge in [0.05, 0.1) is 12.1 Å². The molecule has 0 radical (unpaired) electrons. The van der Waals surface area contributed by atoms with Crippen molar-refractivity contribution in [2.45, 2.75) is 32.6 Å². The van der Waals surface area contributed by atoms with Crippen LogP contribution in [0.1, 0.15) is 25.2 Å². The first-order chi connectivity index (χ1) is 11.2. The van der Waals surface area contributed by atoms with Crippen LogP contribution in [0.5, 0.6) is 0 Å². The van der Waals surface area contributed by atoms with Crippen molar-refractivity contribution >= 4 is 5.97 Å². The SMILES string of the molecule is CC(C)[C@H](NCc1ccc(-c2cccc(C(F)(F)F)c2)o1)C(=O)O. The summed E-state index contributed by atoms with van der Waals surface area (Å²) in [7, 11) is 0. The second-order valence-electron chi connectivity index (χ2n) is 5.79. The van der Waals surface area contributed by atoms with Gasteiger partial charge in [0.25, 0.3) is 0 Å². The molecule has 2 N–H and O–H groups in total. The van der Waals surface area contributed by atoms with E-state index in [0.29, 0.717) is 17.1 Å². The number of rotatable bonds is 6. The number of carboxylic acids is 1. The van der Waals surface area contributed by atoms with Gasteiger partial charge in [-0.1, -0.05) is 26.0 Å². The molecule has 1 heterocycles. The molecule has 0 amide bonds. The molecular weight excluding hydrogens is 323 g/mol. The summed E-state index contributed by atoms with van der Waals surface area (Å²) in [5.74, 6) is -0.321. The first-order valence-electron chi connectivity index (χ1n) is 7.41. The standard InChI is InChI=1S/C17H18F3NO3/c1-10(2)15(16(22)23)21-9-13-6-7-14(24-13)11-4-3-5-12(8-11)17(18,19)20/h3-8,10,15,21H,9H2,1-2H3,(H,22,23)/t15-/m0/s1. The van der Waals surface area contributed by atoms with E-state index in [2.05, 4.69) is 5.32 Å². The average molecular weight is 341 g/mol. The van der Waals surface area contributed by atoms with Crippen LogP contribution in [-0.2, 0) is 17.5 Å². The predicted molar refractivity (Wildman–Crippen MR) is 82.2 cm³/mol. The molecule has 2 rings (SSSR count). The van der Waals surface area contributed by atoms with Gasteiger partial charge in [-0.25, -0.2) is 0 Å². The fourth-order valence-electron chi connectivity index (χ4n) is 2.30. The maximum absolute atomic E-state index is 12.8. The Bertz CT molecular complexity index is 707. The Hall–Kier alpha value is -2.28. The Kier molecular flexibility index (Phi) is 5.33. The second-order valence-corrected chi connectivity index (χ2v) is 5.79. The molecule has 0 saturated heterocycles. The quantitative estimate of drug-likeness (QED) is 0.828. The van der Waals surface area contributed by atoms with Gasteiger partial charge >= 0.3 is 12.1 Å². The van der Waals surface area contributed by atoms with Gasteiger partial charge < -0.3 is 9.52 Å². The molecule has 4 nitrogen and oxygen atoms in total. The predicted octanol–water partition coefficient (Wildman–Crippen LogP) is 4.16. The smallest absolute Gasteiger partial charge is 0.416 e. The van der Waals surface area contributed by atoms with Crippen molar-refractivity contribution in [1.82, 2.24) is 5.32 Å². The Morgan fingerprint density at radius 2 is 1.96 bits per heavy atom. The van der Waals surface area contributed by atoms with Crippen LogP contribution in [0.4, 0.5) is 13.2 Å². The first-order valence-corrected chi connectivity index (χ1v) is 7.41. The van der Waals surface area contributed by atoms with E-state index in [4.69, 9.17) is 9.52 Å². The average Bonchev–Trinajstić information content (AvgIpc) is 2.95. The third kappa shape index (κ3) is 4.38. The van der Waals surface area contributed by atoms with Crippen molar-refractivity contribution in [2.24, 2.45) is 5.92 Å². The Morgan fingerprint density at radius 1 is 1.25 bits per heavy atom. The van der Waals surface area contributed by atoms with Crippen LogP contribution in [0, 0.1) is 5.92 Å². The van der Waals surface area contributed by atoms with Crippen LogP contribution >= 0.6 is 0 Å². The highest BCUT2D eigenvalue weighted by Crippen LogP contribution is 2.32. The molecular formula is C17H18F3NO3. The summed E-state index contributed by atoms with van der Waals surface area (Å²) in [6.45, 7) is 3.73.